The molecular formula is C14H16F2N2O3. The number of amides is 2. The van der Waals surface area contributed by atoms with Gasteiger partial charge < -0.3 is 15.7 Å². The Bertz CT molecular complexity index is 606. The van der Waals surface area contributed by atoms with E-state index in [4.69, 9.17) is 5.73 Å². The van der Waals surface area contributed by atoms with Crippen molar-refractivity contribution in [3.05, 3.63) is 34.9 Å². The Morgan fingerprint density at radius 3 is 2.62 bits per heavy atom. The molecule has 0 aliphatic carbocycles. The standard InChI is InChI=1S/C14H16F2N2O3/c1-8-5-9(11(16)6-10(8)15)12(19)18-4-2-3-14(21,7-18)13(17)20/h5-6,21H,2-4,7H2,1H3,(H2,17,20). The lowest BCUT2D eigenvalue weighted by Gasteiger charge is -2.37. The third-order valence-electron chi connectivity index (χ3n) is 3.70. The highest BCUT2D eigenvalue weighted by Gasteiger charge is 2.40. The van der Waals surface area contributed by atoms with Gasteiger partial charge in [-0.05, 0) is 31.4 Å². The zero-order valence-corrected chi connectivity index (χ0v) is 11.5. The van der Waals surface area contributed by atoms with E-state index in [9.17, 15) is 23.5 Å². The zero-order valence-electron chi connectivity index (χ0n) is 11.5. The summed E-state index contributed by atoms with van der Waals surface area (Å²) in [5.41, 5.74) is 3.17. The van der Waals surface area contributed by atoms with E-state index in [1.807, 2.05) is 0 Å². The van der Waals surface area contributed by atoms with Crippen molar-refractivity contribution in [3.63, 3.8) is 0 Å². The number of hydrogen-bond acceptors (Lipinski definition) is 3. The van der Waals surface area contributed by atoms with Crippen LogP contribution in [0, 0.1) is 18.6 Å². The molecule has 1 heterocycles. The van der Waals surface area contributed by atoms with Crippen LogP contribution < -0.4 is 5.73 Å². The molecule has 114 valence electrons. The number of primary amides is 1. The number of aryl methyl sites for hydroxylation is 1. The number of halogens is 2. The van der Waals surface area contributed by atoms with Crippen LogP contribution in [0.25, 0.3) is 0 Å². The van der Waals surface area contributed by atoms with E-state index in [1.54, 1.807) is 0 Å². The van der Waals surface area contributed by atoms with Crippen LogP contribution in [-0.4, -0.2) is 40.5 Å². The van der Waals surface area contributed by atoms with Crippen LogP contribution in [0.1, 0.15) is 28.8 Å². The Labute approximate surface area is 120 Å². The van der Waals surface area contributed by atoms with Gasteiger partial charge in [0.15, 0.2) is 5.60 Å². The minimum atomic E-state index is -1.81. The second-order valence-electron chi connectivity index (χ2n) is 5.31. The van der Waals surface area contributed by atoms with Crippen molar-refractivity contribution < 1.29 is 23.5 Å². The van der Waals surface area contributed by atoms with E-state index in [2.05, 4.69) is 0 Å². The number of carbonyl (C=O) groups excluding carboxylic acids is 2. The van der Waals surface area contributed by atoms with Crippen molar-refractivity contribution in [2.45, 2.75) is 25.4 Å². The molecular weight excluding hydrogens is 282 g/mol. The number of piperidine rings is 1. The van der Waals surface area contributed by atoms with Crippen molar-refractivity contribution >= 4 is 11.8 Å². The normalized spacial score (nSPS) is 22.2. The minimum absolute atomic E-state index is 0.141. The third kappa shape index (κ3) is 2.87. The van der Waals surface area contributed by atoms with E-state index < -0.39 is 29.0 Å². The van der Waals surface area contributed by atoms with Crippen molar-refractivity contribution in [1.29, 1.82) is 0 Å². The van der Waals surface area contributed by atoms with E-state index in [-0.39, 0.29) is 30.6 Å². The molecule has 1 aliphatic rings. The summed E-state index contributed by atoms with van der Waals surface area (Å²) in [6, 6.07) is 1.76. The summed E-state index contributed by atoms with van der Waals surface area (Å²) in [6.45, 7) is 1.39. The summed E-state index contributed by atoms with van der Waals surface area (Å²) in [5.74, 6) is -3.33. The molecule has 1 fully saturated rings. The van der Waals surface area contributed by atoms with Crippen LogP contribution in [-0.2, 0) is 4.79 Å². The first kappa shape index (κ1) is 15.4. The van der Waals surface area contributed by atoms with E-state index in [0.29, 0.717) is 12.5 Å². The Kier molecular flexibility index (Phi) is 3.95. The minimum Gasteiger partial charge on any atom is -0.378 e. The first-order valence-electron chi connectivity index (χ1n) is 6.52. The van der Waals surface area contributed by atoms with Crippen LogP contribution in [0.4, 0.5) is 8.78 Å². The second-order valence-corrected chi connectivity index (χ2v) is 5.31. The van der Waals surface area contributed by atoms with E-state index >= 15 is 0 Å². The average molecular weight is 298 g/mol. The molecule has 0 bridgehead atoms. The van der Waals surface area contributed by atoms with E-state index in [1.165, 1.54) is 6.92 Å². The van der Waals surface area contributed by atoms with Crippen LogP contribution in [0.5, 0.6) is 0 Å². The van der Waals surface area contributed by atoms with Gasteiger partial charge >= 0.3 is 0 Å². The molecule has 0 aromatic heterocycles. The predicted octanol–water partition coefficient (Wildman–Crippen LogP) is 0.726. The number of nitrogens with zero attached hydrogens (tertiary/aromatic N) is 1. The molecule has 0 radical (unpaired) electrons. The maximum absolute atomic E-state index is 13.7. The maximum atomic E-state index is 13.7. The van der Waals surface area contributed by atoms with Gasteiger partial charge in [-0.3, -0.25) is 9.59 Å². The molecule has 2 amide bonds. The van der Waals surface area contributed by atoms with Gasteiger partial charge in [-0.25, -0.2) is 8.78 Å². The number of benzene rings is 1. The monoisotopic (exact) mass is 298 g/mol. The molecule has 5 nitrogen and oxygen atoms in total. The number of carbonyl (C=O) groups is 2. The Balaban J connectivity index is 2.28. The summed E-state index contributed by atoms with van der Waals surface area (Å²) in [6.07, 6.45) is 0.518. The van der Waals surface area contributed by atoms with Crippen molar-refractivity contribution in [3.8, 4) is 0 Å². The van der Waals surface area contributed by atoms with Gasteiger partial charge in [0.05, 0.1) is 12.1 Å². The summed E-state index contributed by atoms with van der Waals surface area (Å²) >= 11 is 0. The summed E-state index contributed by atoms with van der Waals surface area (Å²) in [5, 5.41) is 10.1. The largest absolute Gasteiger partial charge is 0.378 e. The van der Waals surface area contributed by atoms with Crippen LogP contribution in [0.15, 0.2) is 12.1 Å². The second kappa shape index (κ2) is 5.40. The molecule has 0 spiro atoms. The number of hydrogen-bond donors (Lipinski definition) is 2. The number of aliphatic hydroxyl groups is 1. The van der Waals surface area contributed by atoms with Gasteiger partial charge in [0, 0.05) is 12.6 Å². The Morgan fingerprint density at radius 1 is 1.33 bits per heavy atom. The van der Waals surface area contributed by atoms with Crippen LogP contribution in [0.2, 0.25) is 0 Å². The van der Waals surface area contributed by atoms with Gasteiger partial charge in [0.1, 0.15) is 11.6 Å². The molecule has 21 heavy (non-hydrogen) atoms. The molecule has 1 unspecified atom stereocenters. The van der Waals surface area contributed by atoms with Gasteiger partial charge in [0.2, 0.25) is 0 Å². The molecule has 3 N–H and O–H groups in total. The van der Waals surface area contributed by atoms with Gasteiger partial charge in [-0.1, -0.05) is 0 Å². The lowest BCUT2D eigenvalue weighted by molar-refractivity contribution is -0.140. The molecule has 1 aromatic carbocycles. The lowest BCUT2D eigenvalue weighted by atomic mass is 9.91. The van der Waals surface area contributed by atoms with Crippen LogP contribution in [0.3, 0.4) is 0 Å². The maximum Gasteiger partial charge on any atom is 0.256 e. The molecule has 7 heteroatoms. The Hall–Kier alpha value is -2.02. The fourth-order valence-electron chi connectivity index (χ4n) is 2.40. The van der Waals surface area contributed by atoms with Crippen molar-refractivity contribution in [2.75, 3.05) is 13.1 Å². The predicted molar refractivity (Wildman–Crippen MR) is 70.4 cm³/mol. The van der Waals surface area contributed by atoms with Gasteiger partial charge in [-0.15, -0.1) is 0 Å². The number of β-amino-alcohol motifs (C(OH)–C–C–N with tert-alkyl or cyclic N) is 1. The third-order valence-corrected chi connectivity index (χ3v) is 3.70. The molecule has 1 atom stereocenters. The van der Waals surface area contributed by atoms with Crippen LogP contribution >= 0.6 is 0 Å². The smallest absolute Gasteiger partial charge is 0.256 e. The quantitative estimate of drug-likeness (QED) is 0.844. The van der Waals surface area contributed by atoms with Gasteiger partial charge in [-0.2, -0.15) is 0 Å². The lowest BCUT2D eigenvalue weighted by Crippen LogP contribution is -2.57. The summed E-state index contributed by atoms with van der Waals surface area (Å²) in [7, 11) is 0. The first-order valence-corrected chi connectivity index (χ1v) is 6.52. The molecule has 2 rings (SSSR count). The molecule has 1 aliphatic heterocycles. The van der Waals surface area contributed by atoms with Gasteiger partial charge in [0.25, 0.3) is 11.8 Å². The average Bonchev–Trinajstić information content (AvgIpc) is 2.42. The zero-order chi connectivity index (χ0) is 15.8. The molecule has 0 saturated carbocycles. The highest BCUT2D eigenvalue weighted by molar-refractivity contribution is 5.95. The highest BCUT2D eigenvalue weighted by atomic mass is 19.1. The SMILES string of the molecule is Cc1cc(C(=O)N2CCCC(O)(C(N)=O)C2)c(F)cc1F. The topological polar surface area (TPSA) is 83.6 Å². The molecule has 1 aromatic rings. The van der Waals surface area contributed by atoms with E-state index in [0.717, 1.165) is 11.0 Å². The number of nitrogens with two attached hydrogens (primary N) is 1. The Morgan fingerprint density at radius 2 is 2.00 bits per heavy atom. The number of rotatable bonds is 2. The molecule has 1 saturated heterocycles. The van der Waals surface area contributed by atoms with Crippen molar-refractivity contribution in [2.24, 2.45) is 5.73 Å². The summed E-state index contributed by atoms with van der Waals surface area (Å²) in [4.78, 5) is 24.7. The van der Waals surface area contributed by atoms with Crippen molar-refractivity contribution in [1.82, 2.24) is 4.90 Å². The fraction of sp³-hybridized carbons (Fsp3) is 0.429. The highest BCUT2D eigenvalue weighted by Crippen LogP contribution is 2.24. The summed E-state index contributed by atoms with van der Waals surface area (Å²) < 4.78 is 27.0. The fourth-order valence-corrected chi connectivity index (χ4v) is 2.40. The number of likely N-dealkylation sites (tertiary alicyclic amines) is 1. The first-order chi connectivity index (χ1) is 9.74.